The van der Waals surface area contributed by atoms with Gasteiger partial charge in [-0.05, 0) is 17.8 Å². The highest BCUT2D eigenvalue weighted by Gasteiger charge is 2.22. The monoisotopic (exact) mass is 198 g/mol. The maximum Gasteiger partial charge on any atom is 0.306 e. The minimum atomic E-state index is -0.148. The first-order valence-electron chi connectivity index (χ1n) is 5.15. The third-order valence-corrected chi connectivity index (χ3v) is 2.64. The van der Waals surface area contributed by atoms with Crippen LogP contribution in [0.15, 0.2) is 12.2 Å². The van der Waals surface area contributed by atoms with Crippen LogP contribution in [0.4, 0.5) is 0 Å². The fourth-order valence-electron chi connectivity index (χ4n) is 1.49. The molecule has 0 rings (SSSR count). The molecule has 0 N–H and O–H groups in total. The topological polar surface area (TPSA) is 26.3 Å². The molecular formula is C12H22O2. The summed E-state index contributed by atoms with van der Waals surface area (Å²) in [6.45, 7) is 12.5. The van der Waals surface area contributed by atoms with Crippen LogP contribution in [0.2, 0.25) is 0 Å². The summed E-state index contributed by atoms with van der Waals surface area (Å²) in [7, 11) is 1.43. The molecule has 0 aromatic carbocycles. The molecule has 2 heteroatoms. The van der Waals surface area contributed by atoms with Crippen LogP contribution in [0.5, 0.6) is 0 Å². The summed E-state index contributed by atoms with van der Waals surface area (Å²) in [5.41, 5.74) is 1.14. The average molecular weight is 198 g/mol. The van der Waals surface area contributed by atoms with E-state index in [1.165, 1.54) is 7.11 Å². The lowest BCUT2D eigenvalue weighted by molar-refractivity contribution is -0.141. The molecule has 0 fully saturated rings. The van der Waals surface area contributed by atoms with E-state index in [0.717, 1.165) is 5.57 Å². The fourth-order valence-corrected chi connectivity index (χ4v) is 1.49. The van der Waals surface area contributed by atoms with Gasteiger partial charge in [0, 0.05) is 0 Å². The first kappa shape index (κ1) is 13.2. The van der Waals surface area contributed by atoms with Crippen LogP contribution >= 0.6 is 0 Å². The highest BCUT2D eigenvalue weighted by atomic mass is 16.5. The predicted molar refractivity (Wildman–Crippen MR) is 58.9 cm³/mol. The molecule has 14 heavy (non-hydrogen) atoms. The quantitative estimate of drug-likeness (QED) is 0.501. The second kappa shape index (κ2) is 5.84. The Morgan fingerprint density at radius 3 is 2.07 bits per heavy atom. The van der Waals surface area contributed by atoms with E-state index in [-0.39, 0.29) is 11.9 Å². The van der Waals surface area contributed by atoms with E-state index in [2.05, 4.69) is 39.0 Å². The summed E-state index contributed by atoms with van der Waals surface area (Å²) in [4.78, 5) is 11.2. The van der Waals surface area contributed by atoms with E-state index >= 15 is 0 Å². The van der Waals surface area contributed by atoms with Crippen LogP contribution in [-0.4, -0.2) is 13.1 Å². The molecule has 1 unspecified atom stereocenters. The SMILES string of the molecule is C=C(C(C)C)C(CC(=O)OC)C(C)C. The number of hydrogen-bond donors (Lipinski definition) is 0. The van der Waals surface area contributed by atoms with Crippen molar-refractivity contribution in [2.45, 2.75) is 34.1 Å². The maximum absolute atomic E-state index is 11.2. The van der Waals surface area contributed by atoms with Gasteiger partial charge in [0.25, 0.3) is 0 Å². The van der Waals surface area contributed by atoms with Crippen molar-refractivity contribution >= 4 is 5.97 Å². The predicted octanol–water partition coefficient (Wildman–Crippen LogP) is 3.03. The number of allylic oxidation sites excluding steroid dienone is 1. The van der Waals surface area contributed by atoms with E-state index in [0.29, 0.717) is 18.3 Å². The van der Waals surface area contributed by atoms with Crippen molar-refractivity contribution in [3.05, 3.63) is 12.2 Å². The van der Waals surface area contributed by atoms with E-state index in [9.17, 15) is 4.79 Å². The van der Waals surface area contributed by atoms with Gasteiger partial charge in [0.05, 0.1) is 13.5 Å². The minimum Gasteiger partial charge on any atom is -0.469 e. The lowest BCUT2D eigenvalue weighted by Gasteiger charge is -2.24. The van der Waals surface area contributed by atoms with Crippen molar-refractivity contribution in [1.82, 2.24) is 0 Å². The molecule has 2 nitrogen and oxygen atoms in total. The van der Waals surface area contributed by atoms with Crippen LogP contribution in [-0.2, 0) is 9.53 Å². The molecule has 0 aromatic heterocycles. The van der Waals surface area contributed by atoms with Gasteiger partial charge in [-0.25, -0.2) is 0 Å². The molecule has 0 aromatic rings. The lowest BCUT2D eigenvalue weighted by atomic mass is 9.81. The molecule has 0 aliphatic carbocycles. The standard InChI is InChI=1S/C12H22O2/c1-8(2)10(5)11(9(3)4)7-12(13)14-6/h8-9,11H,5,7H2,1-4,6H3. The summed E-state index contributed by atoms with van der Waals surface area (Å²) in [5, 5.41) is 0. The molecule has 0 aliphatic rings. The Balaban J connectivity index is 4.45. The molecule has 0 radical (unpaired) electrons. The van der Waals surface area contributed by atoms with Crippen molar-refractivity contribution in [1.29, 1.82) is 0 Å². The maximum atomic E-state index is 11.2. The number of esters is 1. The largest absolute Gasteiger partial charge is 0.469 e. The van der Waals surface area contributed by atoms with E-state index in [4.69, 9.17) is 0 Å². The minimum absolute atomic E-state index is 0.148. The van der Waals surface area contributed by atoms with Crippen molar-refractivity contribution in [2.24, 2.45) is 17.8 Å². The van der Waals surface area contributed by atoms with E-state index < -0.39 is 0 Å². The lowest BCUT2D eigenvalue weighted by Crippen LogP contribution is -2.19. The molecule has 0 heterocycles. The molecule has 0 saturated heterocycles. The third-order valence-electron chi connectivity index (χ3n) is 2.64. The zero-order valence-electron chi connectivity index (χ0n) is 9.96. The van der Waals surface area contributed by atoms with Crippen LogP contribution in [0.1, 0.15) is 34.1 Å². The number of carbonyl (C=O) groups excluding carboxylic acids is 1. The number of rotatable bonds is 5. The molecule has 0 amide bonds. The molecule has 0 spiro atoms. The van der Waals surface area contributed by atoms with Gasteiger partial charge in [-0.2, -0.15) is 0 Å². The smallest absolute Gasteiger partial charge is 0.306 e. The Bertz CT molecular complexity index is 204. The van der Waals surface area contributed by atoms with Crippen molar-refractivity contribution in [2.75, 3.05) is 7.11 Å². The number of carbonyl (C=O) groups is 1. The van der Waals surface area contributed by atoms with Crippen molar-refractivity contribution < 1.29 is 9.53 Å². The summed E-state index contributed by atoms with van der Waals surface area (Å²) in [5.74, 6) is 0.948. The molecule has 0 saturated carbocycles. The highest BCUT2D eigenvalue weighted by Crippen LogP contribution is 2.28. The van der Waals surface area contributed by atoms with Crippen LogP contribution in [0.25, 0.3) is 0 Å². The summed E-state index contributed by atoms with van der Waals surface area (Å²) >= 11 is 0. The van der Waals surface area contributed by atoms with Crippen LogP contribution in [0, 0.1) is 17.8 Å². The van der Waals surface area contributed by atoms with Gasteiger partial charge in [0.15, 0.2) is 0 Å². The zero-order chi connectivity index (χ0) is 11.3. The van der Waals surface area contributed by atoms with Gasteiger partial charge in [-0.3, -0.25) is 4.79 Å². The molecule has 1 atom stereocenters. The van der Waals surface area contributed by atoms with E-state index in [1.807, 2.05) is 0 Å². The second-order valence-corrected chi connectivity index (χ2v) is 4.36. The van der Waals surface area contributed by atoms with Gasteiger partial charge in [-0.1, -0.05) is 39.8 Å². The fraction of sp³-hybridized carbons (Fsp3) is 0.750. The summed E-state index contributed by atoms with van der Waals surface area (Å²) < 4.78 is 4.68. The Labute approximate surface area is 87.3 Å². The average Bonchev–Trinajstić information content (AvgIpc) is 2.11. The van der Waals surface area contributed by atoms with E-state index in [1.54, 1.807) is 0 Å². The second-order valence-electron chi connectivity index (χ2n) is 4.36. The Hall–Kier alpha value is -0.790. The molecule has 0 bridgehead atoms. The van der Waals surface area contributed by atoms with Gasteiger partial charge >= 0.3 is 5.97 Å². The summed E-state index contributed by atoms with van der Waals surface area (Å²) in [6.07, 6.45) is 0.450. The first-order chi connectivity index (χ1) is 6.40. The van der Waals surface area contributed by atoms with Gasteiger partial charge in [0.2, 0.25) is 0 Å². The molecular weight excluding hydrogens is 176 g/mol. The Morgan fingerprint density at radius 1 is 1.29 bits per heavy atom. The van der Waals surface area contributed by atoms with Gasteiger partial charge < -0.3 is 4.74 Å². The molecule has 0 aliphatic heterocycles. The highest BCUT2D eigenvalue weighted by molar-refractivity contribution is 5.70. The normalized spacial score (nSPS) is 13.1. The number of ether oxygens (including phenoxy) is 1. The zero-order valence-corrected chi connectivity index (χ0v) is 9.96. The molecule has 82 valence electrons. The number of hydrogen-bond acceptors (Lipinski definition) is 2. The third kappa shape index (κ3) is 3.95. The van der Waals surface area contributed by atoms with Crippen LogP contribution in [0.3, 0.4) is 0 Å². The Kier molecular flexibility index (Phi) is 5.51. The van der Waals surface area contributed by atoms with Gasteiger partial charge in [0.1, 0.15) is 0 Å². The van der Waals surface area contributed by atoms with Crippen molar-refractivity contribution in [3.63, 3.8) is 0 Å². The summed E-state index contributed by atoms with van der Waals surface area (Å²) in [6, 6.07) is 0. The Morgan fingerprint density at radius 2 is 1.79 bits per heavy atom. The van der Waals surface area contributed by atoms with Crippen LogP contribution < -0.4 is 0 Å². The van der Waals surface area contributed by atoms with Crippen molar-refractivity contribution in [3.8, 4) is 0 Å². The van der Waals surface area contributed by atoms with Gasteiger partial charge in [-0.15, -0.1) is 0 Å². The number of methoxy groups -OCH3 is 1. The first-order valence-corrected chi connectivity index (χ1v) is 5.15.